The van der Waals surface area contributed by atoms with E-state index in [0.717, 1.165) is 25.7 Å². The van der Waals surface area contributed by atoms with Gasteiger partial charge in [-0.05, 0) is 39.5 Å². The molecule has 0 aliphatic carbocycles. The molecular formula is C26H42N2O5. The third-order valence-corrected chi connectivity index (χ3v) is 7.22. The third-order valence-electron chi connectivity index (χ3n) is 7.22. The van der Waals surface area contributed by atoms with E-state index in [9.17, 15) is 4.79 Å². The van der Waals surface area contributed by atoms with Crippen molar-refractivity contribution in [3.63, 3.8) is 0 Å². The van der Waals surface area contributed by atoms with Gasteiger partial charge in [0, 0.05) is 32.6 Å². The molecule has 8 unspecified atom stereocenters. The standard InChI is InChI=1S/C26H42N2O5/c1-17-13-23(28-25(29)12-11-18(2)30-5)19(3)31-24(17)10-8-6-7-9-21-14-26(20(4)33-26)15-22(16-27)32-21/h6-9,11-12,17-24H,10,13-16,27H2,1-5H3,(H,28,29)/b8-6+,9-7+,12-11-/t17?,18?,19?,20?,21?,22-,23?,24?,26?/m0/s1. The normalized spacial score (nSPS) is 40.1. The van der Waals surface area contributed by atoms with Gasteiger partial charge in [-0.15, -0.1) is 0 Å². The Hall–Kier alpha value is -1.51. The smallest absolute Gasteiger partial charge is 0.244 e. The van der Waals surface area contributed by atoms with Crippen LogP contribution in [0.4, 0.5) is 0 Å². The maximum atomic E-state index is 12.2. The topological polar surface area (TPSA) is 95.3 Å². The molecule has 0 radical (unpaired) electrons. The molecule has 186 valence electrons. The number of hydrogen-bond donors (Lipinski definition) is 2. The second-order valence-corrected chi connectivity index (χ2v) is 9.82. The minimum absolute atomic E-state index is 0.00780. The number of carbonyl (C=O) groups is 1. The van der Waals surface area contributed by atoms with Gasteiger partial charge in [-0.2, -0.15) is 0 Å². The molecule has 0 aromatic heterocycles. The third kappa shape index (κ3) is 7.23. The number of allylic oxidation sites excluding steroid dienone is 2. The summed E-state index contributed by atoms with van der Waals surface area (Å²) in [5, 5.41) is 3.07. The molecule has 0 saturated carbocycles. The lowest BCUT2D eigenvalue weighted by atomic mass is 9.88. The molecule has 3 heterocycles. The van der Waals surface area contributed by atoms with Crippen molar-refractivity contribution in [1.29, 1.82) is 0 Å². The van der Waals surface area contributed by atoms with Crippen LogP contribution in [0.5, 0.6) is 0 Å². The Balaban J connectivity index is 1.42. The van der Waals surface area contributed by atoms with Gasteiger partial charge in [0.2, 0.25) is 5.91 Å². The molecule has 1 spiro atoms. The predicted molar refractivity (Wildman–Crippen MR) is 129 cm³/mol. The first-order valence-electron chi connectivity index (χ1n) is 12.3. The molecule has 3 rings (SSSR count). The Morgan fingerprint density at radius 3 is 2.67 bits per heavy atom. The highest BCUT2D eigenvalue weighted by molar-refractivity contribution is 5.87. The van der Waals surface area contributed by atoms with Gasteiger partial charge < -0.3 is 30.0 Å². The zero-order valence-electron chi connectivity index (χ0n) is 20.7. The van der Waals surface area contributed by atoms with Gasteiger partial charge in [-0.25, -0.2) is 0 Å². The van der Waals surface area contributed by atoms with Crippen molar-refractivity contribution in [3.8, 4) is 0 Å². The van der Waals surface area contributed by atoms with E-state index >= 15 is 0 Å². The zero-order chi connectivity index (χ0) is 24.0. The molecule has 3 N–H and O–H groups in total. The number of nitrogens with one attached hydrogen (secondary N) is 1. The lowest BCUT2D eigenvalue weighted by Crippen LogP contribution is -2.50. The van der Waals surface area contributed by atoms with Crippen LogP contribution in [0, 0.1) is 5.92 Å². The Morgan fingerprint density at radius 1 is 1.24 bits per heavy atom. The van der Waals surface area contributed by atoms with E-state index in [1.807, 2.05) is 13.8 Å². The number of ether oxygens (including phenoxy) is 4. The molecule has 33 heavy (non-hydrogen) atoms. The Labute approximate surface area is 198 Å². The van der Waals surface area contributed by atoms with Crippen molar-refractivity contribution >= 4 is 5.91 Å². The van der Waals surface area contributed by atoms with Crippen LogP contribution >= 0.6 is 0 Å². The monoisotopic (exact) mass is 462 g/mol. The number of carbonyl (C=O) groups excluding carboxylic acids is 1. The number of methoxy groups -OCH3 is 1. The molecule has 3 saturated heterocycles. The van der Waals surface area contributed by atoms with Crippen molar-refractivity contribution in [2.45, 2.75) is 102 Å². The summed E-state index contributed by atoms with van der Waals surface area (Å²) >= 11 is 0. The number of epoxide rings is 1. The van der Waals surface area contributed by atoms with Gasteiger partial charge in [-0.1, -0.05) is 37.3 Å². The molecular weight excluding hydrogens is 420 g/mol. The summed E-state index contributed by atoms with van der Waals surface area (Å²) in [7, 11) is 1.62. The summed E-state index contributed by atoms with van der Waals surface area (Å²) in [4.78, 5) is 12.2. The van der Waals surface area contributed by atoms with E-state index in [2.05, 4.69) is 43.5 Å². The van der Waals surface area contributed by atoms with Gasteiger partial charge in [0.15, 0.2) is 0 Å². The van der Waals surface area contributed by atoms with Crippen molar-refractivity contribution < 1.29 is 23.7 Å². The number of nitrogens with two attached hydrogens (primary N) is 1. The number of hydrogen-bond acceptors (Lipinski definition) is 6. The second-order valence-electron chi connectivity index (χ2n) is 9.82. The fraction of sp³-hybridized carbons (Fsp3) is 0.731. The SMILES string of the molecule is COC(C)/C=C\C(=O)NC1CC(C)C(C/C=C/C=C/C2CC3(C[C@@H](CN)O2)OC3C)OC1C. The summed E-state index contributed by atoms with van der Waals surface area (Å²) in [5.74, 6) is 0.243. The fourth-order valence-electron chi connectivity index (χ4n) is 4.88. The van der Waals surface area contributed by atoms with Crippen LogP contribution in [-0.4, -0.2) is 67.8 Å². The van der Waals surface area contributed by atoms with E-state index in [1.165, 1.54) is 6.08 Å². The van der Waals surface area contributed by atoms with Gasteiger partial charge in [-0.3, -0.25) is 4.79 Å². The highest BCUT2D eigenvalue weighted by Gasteiger charge is 2.57. The molecule has 0 aromatic rings. The molecule has 9 atom stereocenters. The van der Waals surface area contributed by atoms with Crippen molar-refractivity contribution in [3.05, 3.63) is 36.5 Å². The van der Waals surface area contributed by atoms with Gasteiger partial charge >= 0.3 is 0 Å². The summed E-state index contributed by atoms with van der Waals surface area (Å²) in [6.45, 7) is 8.75. The Morgan fingerprint density at radius 2 is 2.00 bits per heavy atom. The van der Waals surface area contributed by atoms with Crippen LogP contribution in [0.1, 0.15) is 53.4 Å². The first-order chi connectivity index (χ1) is 15.8. The van der Waals surface area contributed by atoms with E-state index in [4.69, 9.17) is 24.7 Å². The van der Waals surface area contributed by atoms with Crippen molar-refractivity contribution in [1.82, 2.24) is 5.32 Å². The Bertz CT molecular complexity index is 738. The first-order valence-corrected chi connectivity index (χ1v) is 12.3. The van der Waals surface area contributed by atoms with Gasteiger partial charge in [0.25, 0.3) is 0 Å². The van der Waals surface area contributed by atoms with E-state index in [0.29, 0.717) is 18.6 Å². The highest BCUT2D eigenvalue weighted by atomic mass is 16.6. The van der Waals surface area contributed by atoms with Gasteiger partial charge in [0.1, 0.15) is 0 Å². The number of amides is 1. The lowest BCUT2D eigenvalue weighted by molar-refractivity contribution is -0.123. The summed E-state index contributed by atoms with van der Waals surface area (Å²) < 4.78 is 23.3. The fourth-order valence-corrected chi connectivity index (χ4v) is 4.88. The predicted octanol–water partition coefficient (Wildman–Crippen LogP) is 3.04. The minimum atomic E-state index is -0.107. The maximum absolute atomic E-state index is 12.2. The van der Waals surface area contributed by atoms with Crippen LogP contribution in [0.25, 0.3) is 0 Å². The summed E-state index contributed by atoms with van der Waals surface area (Å²) in [6, 6.07) is 0.00780. The average Bonchev–Trinajstić information content (AvgIpc) is 3.40. The molecule has 7 nitrogen and oxygen atoms in total. The largest absolute Gasteiger partial charge is 0.378 e. The zero-order valence-corrected chi connectivity index (χ0v) is 20.7. The van der Waals surface area contributed by atoms with E-state index in [1.54, 1.807) is 13.2 Å². The molecule has 3 aliphatic rings. The average molecular weight is 463 g/mol. The van der Waals surface area contributed by atoms with E-state index < -0.39 is 0 Å². The first kappa shape index (κ1) is 26.1. The molecule has 0 bridgehead atoms. The van der Waals surface area contributed by atoms with Crippen LogP contribution < -0.4 is 11.1 Å². The lowest BCUT2D eigenvalue weighted by Gasteiger charge is -2.39. The molecule has 0 aromatic carbocycles. The van der Waals surface area contributed by atoms with Crippen molar-refractivity contribution in [2.24, 2.45) is 11.7 Å². The van der Waals surface area contributed by atoms with E-state index in [-0.39, 0.29) is 48.1 Å². The Kier molecular flexibility index (Phi) is 9.30. The summed E-state index contributed by atoms with van der Waals surface area (Å²) in [5.41, 5.74) is 5.81. The van der Waals surface area contributed by atoms with Crippen LogP contribution in [-0.2, 0) is 23.7 Å². The quantitative estimate of drug-likeness (QED) is 0.311. The molecule has 3 aliphatic heterocycles. The highest BCUT2D eigenvalue weighted by Crippen LogP contribution is 2.48. The molecule has 1 amide bonds. The van der Waals surface area contributed by atoms with Crippen LogP contribution in [0.15, 0.2) is 36.5 Å². The summed E-state index contributed by atoms with van der Waals surface area (Å²) in [6.07, 6.45) is 15.6. The van der Waals surface area contributed by atoms with Crippen LogP contribution in [0.3, 0.4) is 0 Å². The molecule has 3 fully saturated rings. The minimum Gasteiger partial charge on any atom is -0.378 e. The second kappa shape index (κ2) is 11.8. The van der Waals surface area contributed by atoms with Gasteiger partial charge in [0.05, 0.1) is 48.3 Å². The van der Waals surface area contributed by atoms with Crippen LogP contribution in [0.2, 0.25) is 0 Å². The van der Waals surface area contributed by atoms with Crippen molar-refractivity contribution in [2.75, 3.05) is 13.7 Å². The number of rotatable bonds is 9. The molecule has 7 heteroatoms. The maximum Gasteiger partial charge on any atom is 0.244 e.